The van der Waals surface area contributed by atoms with Crippen LogP contribution in [0.1, 0.15) is 34.2 Å². The first-order valence-corrected chi connectivity index (χ1v) is 6.17. The second kappa shape index (κ2) is 5.53. The molecule has 0 aliphatic rings. The van der Waals surface area contributed by atoms with Gasteiger partial charge in [-0.3, -0.25) is 4.79 Å². The van der Waals surface area contributed by atoms with Crippen molar-refractivity contribution < 1.29 is 22.4 Å². The molecule has 0 bridgehead atoms. The van der Waals surface area contributed by atoms with Gasteiger partial charge >= 0.3 is 6.18 Å². The molecule has 0 spiro atoms. The molecule has 0 aliphatic carbocycles. The van der Waals surface area contributed by atoms with E-state index in [1.165, 1.54) is 18.4 Å². The minimum absolute atomic E-state index is 0.0730. The molecule has 0 saturated carbocycles. The second-order valence-electron chi connectivity index (χ2n) is 4.41. The molecule has 0 atom stereocenters. The van der Waals surface area contributed by atoms with Crippen molar-refractivity contribution in [2.24, 2.45) is 0 Å². The molecule has 2 nitrogen and oxygen atoms in total. The lowest BCUT2D eigenvalue weighted by Gasteiger charge is -2.08. The number of Topliss-reactive ketones (excluding diaryl/α,β-unsaturated/α-hetero) is 1. The van der Waals surface area contributed by atoms with Crippen molar-refractivity contribution in [2.75, 3.05) is 0 Å². The number of hydrogen-bond acceptors (Lipinski definition) is 2. The number of halogens is 3. The van der Waals surface area contributed by atoms with E-state index >= 15 is 0 Å². The van der Waals surface area contributed by atoms with Gasteiger partial charge in [-0.2, -0.15) is 13.2 Å². The summed E-state index contributed by atoms with van der Waals surface area (Å²) in [6.07, 6.45) is -2.49. The van der Waals surface area contributed by atoms with Crippen LogP contribution >= 0.6 is 0 Å². The highest BCUT2D eigenvalue weighted by molar-refractivity contribution is 5.98. The Hall–Kier alpha value is -2.04. The Morgan fingerprint density at radius 1 is 1.25 bits per heavy atom. The minimum Gasteiger partial charge on any atom is -0.469 e. The third kappa shape index (κ3) is 3.10. The summed E-state index contributed by atoms with van der Waals surface area (Å²) in [7, 11) is 0. The number of aryl methyl sites for hydroxylation is 1. The van der Waals surface area contributed by atoms with Crippen molar-refractivity contribution in [1.29, 1.82) is 0 Å². The van der Waals surface area contributed by atoms with Crippen LogP contribution in [-0.2, 0) is 19.0 Å². The molecule has 5 heteroatoms. The van der Waals surface area contributed by atoms with Gasteiger partial charge in [0.15, 0.2) is 5.78 Å². The molecule has 2 aromatic rings. The van der Waals surface area contributed by atoms with Crippen molar-refractivity contribution in [1.82, 2.24) is 0 Å². The predicted molar refractivity (Wildman–Crippen MR) is 67.6 cm³/mol. The van der Waals surface area contributed by atoms with E-state index in [0.717, 1.165) is 12.1 Å². The molecular weight excluding hydrogens is 269 g/mol. The largest absolute Gasteiger partial charge is 0.469 e. The van der Waals surface area contributed by atoms with Gasteiger partial charge in [-0.15, -0.1) is 0 Å². The van der Waals surface area contributed by atoms with Gasteiger partial charge in [0.2, 0.25) is 0 Å². The molecule has 0 radical (unpaired) electrons. The average molecular weight is 282 g/mol. The normalized spacial score (nSPS) is 11.6. The Morgan fingerprint density at radius 3 is 2.65 bits per heavy atom. The van der Waals surface area contributed by atoms with E-state index in [2.05, 4.69) is 0 Å². The summed E-state index contributed by atoms with van der Waals surface area (Å²) in [6, 6.07) is 6.36. The Bertz CT molecular complexity index is 612. The molecule has 1 heterocycles. The molecule has 1 aromatic carbocycles. The number of alkyl halides is 3. The van der Waals surface area contributed by atoms with E-state index in [1.807, 2.05) is 6.92 Å². The Balaban J connectivity index is 2.20. The van der Waals surface area contributed by atoms with Crippen molar-refractivity contribution in [3.63, 3.8) is 0 Å². The third-order valence-electron chi connectivity index (χ3n) is 2.99. The van der Waals surface area contributed by atoms with Crippen molar-refractivity contribution in [3.05, 3.63) is 59.0 Å². The van der Waals surface area contributed by atoms with Crippen LogP contribution in [-0.4, -0.2) is 5.78 Å². The van der Waals surface area contributed by atoms with Crippen LogP contribution in [0.15, 0.2) is 41.0 Å². The summed E-state index contributed by atoms with van der Waals surface area (Å²) in [5, 5.41) is 0. The molecule has 0 saturated heterocycles. The lowest BCUT2D eigenvalue weighted by Crippen LogP contribution is -2.08. The third-order valence-corrected chi connectivity index (χ3v) is 2.99. The lowest BCUT2D eigenvalue weighted by molar-refractivity contribution is -0.137. The fraction of sp³-hybridized carbons (Fsp3) is 0.267. The first-order valence-electron chi connectivity index (χ1n) is 6.17. The van der Waals surface area contributed by atoms with Crippen molar-refractivity contribution in [3.8, 4) is 0 Å². The first kappa shape index (κ1) is 14.4. The number of carbonyl (C=O) groups excluding carboxylic acids is 1. The van der Waals surface area contributed by atoms with Gasteiger partial charge in [-0.1, -0.05) is 25.1 Å². The van der Waals surface area contributed by atoms with Crippen LogP contribution in [0.4, 0.5) is 13.2 Å². The van der Waals surface area contributed by atoms with Gasteiger partial charge in [0, 0.05) is 12.8 Å². The highest BCUT2D eigenvalue weighted by atomic mass is 19.4. The molecule has 1 aromatic heterocycles. The zero-order valence-electron chi connectivity index (χ0n) is 10.8. The molecule has 0 aliphatic heterocycles. The van der Waals surface area contributed by atoms with E-state index in [-0.39, 0.29) is 12.2 Å². The maximum Gasteiger partial charge on any atom is 0.416 e. The van der Waals surface area contributed by atoms with Gasteiger partial charge in [0.05, 0.1) is 17.4 Å². The molecule has 0 amide bonds. The van der Waals surface area contributed by atoms with Crippen LogP contribution in [0.25, 0.3) is 0 Å². The molecular formula is C15H13F3O2. The van der Waals surface area contributed by atoms with Crippen molar-refractivity contribution >= 4 is 5.78 Å². The molecule has 2 rings (SSSR count). The van der Waals surface area contributed by atoms with Crippen LogP contribution in [0.3, 0.4) is 0 Å². The summed E-state index contributed by atoms with van der Waals surface area (Å²) in [5.41, 5.74) is 0.0312. The number of hydrogen-bond donors (Lipinski definition) is 0. The molecule has 0 unspecified atom stereocenters. The van der Waals surface area contributed by atoms with Crippen LogP contribution in [0.2, 0.25) is 0 Å². The summed E-state index contributed by atoms with van der Waals surface area (Å²) in [5.74, 6) is 0.317. The summed E-state index contributed by atoms with van der Waals surface area (Å²) >= 11 is 0. The molecule has 0 N–H and O–H groups in total. The van der Waals surface area contributed by atoms with Gasteiger partial charge < -0.3 is 4.42 Å². The van der Waals surface area contributed by atoms with Crippen LogP contribution < -0.4 is 0 Å². The number of carbonyl (C=O) groups is 1. The highest BCUT2D eigenvalue weighted by Crippen LogP contribution is 2.29. The van der Waals surface area contributed by atoms with Gasteiger partial charge in [0.1, 0.15) is 5.76 Å². The van der Waals surface area contributed by atoms with Gasteiger partial charge in [0.25, 0.3) is 0 Å². The minimum atomic E-state index is -4.40. The summed E-state index contributed by atoms with van der Waals surface area (Å²) in [4.78, 5) is 12.1. The number of rotatable bonds is 4. The standard InChI is InChI=1S/C15H13F3O2/c1-2-14-12(6-7-20-14)13(19)9-10-4-3-5-11(8-10)15(16,17)18/h3-8H,2,9H2,1H3. The zero-order valence-corrected chi connectivity index (χ0v) is 10.8. The summed E-state index contributed by atoms with van der Waals surface area (Å²) < 4.78 is 42.9. The SMILES string of the molecule is CCc1occc1C(=O)Cc1cccc(C(F)(F)F)c1. The van der Waals surface area contributed by atoms with E-state index in [9.17, 15) is 18.0 Å². The molecule has 106 valence electrons. The van der Waals surface area contributed by atoms with E-state index in [4.69, 9.17) is 4.42 Å². The number of ketones is 1. The number of benzene rings is 1. The fourth-order valence-corrected chi connectivity index (χ4v) is 2.00. The predicted octanol–water partition coefficient (Wildman–Crippen LogP) is 4.29. The Kier molecular flexibility index (Phi) is 3.97. The maximum absolute atomic E-state index is 12.6. The van der Waals surface area contributed by atoms with Gasteiger partial charge in [-0.05, 0) is 17.7 Å². The molecule has 0 fully saturated rings. The Morgan fingerprint density at radius 2 is 2.00 bits per heavy atom. The first-order chi connectivity index (χ1) is 9.41. The fourth-order valence-electron chi connectivity index (χ4n) is 2.00. The van der Waals surface area contributed by atoms with Gasteiger partial charge in [-0.25, -0.2) is 0 Å². The van der Waals surface area contributed by atoms with Crippen molar-refractivity contribution in [2.45, 2.75) is 25.9 Å². The average Bonchev–Trinajstić information content (AvgIpc) is 2.86. The Labute approximate surface area is 114 Å². The monoisotopic (exact) mass is 282 g/mol. The van der Waals surface area contributed by atoms with E-state index < -0.39 is 11.7 Å². The van der Waals surface area contributed by atoms with Crippen LogP contribution in [0.5, 0.6) is 0 Å². The smallest absolute Gasteiger partial charge is 0.416 e. The highest BCUT2D eigenvalue weighted by Gasteiger charge is 2.30. The lowest BCUT2D eigenvalue weighted by atomic mass is 10.0. The van der Waals surface area contributed by atoms with E-state index in [1.54, 1.807) is 6.07 Å². The zero-order chi connectivity index (χ0) is 14.8. The topological polar surface area (TPSA) is 30.2 Å². The maximum atomic E-state index is 12.6. The van der Waals surface area contributed by atoms with Crippen LogP contribution in [0, 0.1) is 0 Å². The quantitative estimate of drug-likeness (QED) is 0.783. The number of furan rings is 1. The second-order valence-corrected chi connectivity index (χ2v) is 4.41. The summed E-state index contributed by atoms with van der Waals surface area (Å²) in [6.45, 7) is 1.85. The molecule has 20 heavy (non-hydrogen) atoms. The van der Waals surface area contributed by atoms with E-state index in [0.29, 0.717) is 23.3 Å².